The molecule has 0 aliphatic rings. The predicted octanol–water partition coefficient (Wildman–Crippen LogP) is 6.24. The maximum absolute atomic E-state index is 12.5. The van der Waals surface area contributed by atoms with Crippen molar-refractivity contribution in [2.24, 2.45) is 0 Å². The number of hydrogen-bond donors (Lipinski definition) is 3. The number of pyridine rings is 1. The minimum atomic E-state index is -1.39. The summed E-state index contributed by atoms with van der Waals surface area (Å²) in [6, 6.07) is 14.6. The highest BCUT2D eigenvalue weighted by Crippen LogP contribution is 2.33. The van der Waals surface area contributed by atoms with Crippen LogP contribution >= 0.6 is 22.7 Å². The molecule has 0 amide bonds. The molecule has 0 fully saturated rings. The van der Waals surface area contributed by atoms with Crippen molar-refractivity contribution in [3.63, 3.8) is 0 Å². The Labute approximate surface area is 215 Å². The second-order valence-electron chi connectivity index (χ2n) is 8.07. The number of rotatable bonds is 10. The highest BCUT2D eigenvalue weighted by atomic mass is 32.1. The summed E-state index contributed by atoms with van der Waals surface area (Å²) in [5, 5.41) is 13.3. The Morgan fingerprint density at radius 3 is 2.86 bits per heavy atom. The molecule has 36 heavy (non-hydrogen) atoms. The van der Waals surface area contributed by atoms with Crippen LogP contribution in [0.2, 0.25) is 0 Å². The van der Waals surface area contributed by atoms with Gasteiger partial charge in [0.25, 0.3) is 0 Å². The normalized spacial score (nSPS) is 11.1. The van der Waals surface area contributed by atoms with E-state index in [4.69, 9.17) is 4.98 Å². The second kappa shape index (κ2) is 10.4. The lowest BCUT2D eigenvalue weighted by atomic mass is 10.2. The molecule has 0 saturated carbocycles. The zero-order valence-electron chi connectivity index (χ0n) is 19.4. The third kappa shape index (κ3) is 5.20. The molecule has 0 aliphatic heterocycles. The van der Waals surface area contributed by atoms with Gasteiger partial charge in [0, 0.05) is 35.1 Å². The molecule has 3 N–H and O–H groups in total. The van der Waals surface area contributed by atoms with Crippen LogP contribution in [0.5, 0.6) is 0 Å². The zero-order valence-corrected chi connectivity index (χ0v) is 21.0. The zero-order chi connectivity index (χ0) is 25.1. The molecule has 5 rings (SSSR count). The summed E-state index contributed by atoms with van der Waals surface area (Å²) in [4.78, 5) is 20.9. The number of fused-ring (bicyclic) bond motifs is 1. The van der Waals surface area contributed by atoms with E-state index in [9.17, 15) is 9.18 Å². The smallest absolute Gasteiger partial charge is 0.315 e. The van der Waals surface area contributed by atoms with Crippen LogP contribution in [-0.2, 0) is 11.3 Å². The lowest BCUT2D eigenvalue weighted by Gasteiger charge is -2.10. The number of para-hydroxylation sites is 1. The highest BCUT2D eigenvalue weighted by Gasteiger charge is 2.13. The van der Waals surface area contributed by atoms with Crippen LogP contribution in [0.3, 0.4) is 0 Å². The van der Waals surface area contributed by atoms with Gasteiger partial charge in [-0.3, -0.25) is 9.20 Å². The van der Waals surface area contributed by atoms with Gasteiger partial charge in [-0.25, -0.2) is 9.97 Å². The Morgan fingerprint density at radius 2 is 2.03 bits per heavy atom. The molecule has 7 nitrogen and oxygen atoms in total. The summed E-state index contributed by atoms with van der Waals surface area (Å²) < 4.78 is 14.4. The first-order valence-corrected chi connectivity index (χ1v) is 12.9. The number of benzene rings is 1. The molecule has 0 aliphatic carbocycles. The predicted molar refractivity (Wildman–Crippen MR) is 146 cm³/mol. The number of nitrogens with one attached hydrogen (secondary N) is 3. The van der Waals surface area contributed by atoms with Gasteiger partial charge in [-0.1, -0.05) is 30.8 Å². The summed E-state index contributed by atoms with van der Waals surface area (Å²) in [5.41, 5.74) is 6.28. The van der Waals surface area contributed by atoms with E-state index in [1.165, 1.54) is 11.3 Å². The van der Waals surface area contributed by atoms with Crippen molar-refractivity contribution in [2.45, 2.75) is 13.5 Å². The van der Waals surface area contributed by atoms with Crippen molar-refractivity contribution in [3.8, 4) is 11.4 Å². The van der Waals surface area contributed by atoms with Gasteiger partial charge in [0.2, 0.25) is 0 Å². The second-order valence-corrected chi connectivity index (χ2v) is 10.0. The molecular weight excluding hydrogens is 495 g/mol. The fourth-order valence-corrected chi connectivity index (χ4v) is 5.36. The van der Waals surface area contributed by atoms with E-state index in [1.54, 1.807) is 17.5 Å². The SMILES string of the molecule is C=C(Nc1ccccc1C)c1ccc(Nc2nc(-c3cnc4c(CNCC(=O)F)cccn34)cs2)s1. The molecule has 0 radical (unpaired) electrons. The number of anilines is 3. The number of hydrogen-bond acceptors (Lipinski definition) is 8. The maximum atomic E-state index is 12.5. The van der Waals surface area contributed by atoms with Crippen LogP contribution in [0.1, 0.15) is 16.0 Å². The molecule has 1 aromatic carbocycles. The Kier molecular flexibility index (Phi) is 6.90. The minimum absolute atomic E-state index is 0.324. The molecule has 4 aromatic heterocycles. The molecule has 0 spiro atoms. The topological polar surface area (TPSA) is 83.3 Å². The van der Waals surface area contributed by atoms with Crippen molar-refractivity contribution >= 4 is 55.9 Å². The fourth-order valence-electron chi connectivity index (χ4n) is 3.75. The Morgan fingerprint density at radius 1 is 1.17 bits per heavy atom. The number of aromatic nitrogens is 3. The standard InChI is InChI=1S/C26H23FN6OS2/c1-16-6-3-4-8-19(16)30-17(2)22-9-10-24(36-22)32-26-31-20(15-35-26)21-13-29-25-18(7-5-11-33(21)25)12-28-14-23(27)34/h3-11,13,15,28,30H,2,12,14H2,1H3,(H,31,32). The van der Waals surface area contributed by atoms with E-state index in [0.29, 0.717) is 6.54 Å². The van der Waals surface area contributed by atoms with Crippen LogP contribution in [-0.4, -0.2) is 27.0 Å². The van der Waals surface area contributed by atoms with Crippen LogP contribution in [0.25, 0.3) is 22.7 Å². The van der Waals surface area contributed by atoms with Crippen LogP contribution in [0.15, 0.2) is 72.9 Å². The number of carbonyl (C=O) groups excluding carboxylic acids is 1. The van der Waals surface area contributed by atoms with Crippen molar-refractivity contribution in [2.75, 3.05) is 17.2 Å². The Balaban J connectivity index is 1.29. The number of thiazole rings is 1. The van der Waals surface area contributed by atoms with Gasteiger partial charge in [0.1, 0.15) is 11.3 Å². The van der Waals surface area contributed by atoms with E-state index in [2.05, 4.69) is 40.5 Å². The molecular formula is C26H23FN6OS2. The summed E-state index contributed by atoms with van der Waals surface area (Å²) in [6.07, 6.45) is 3.68. The van der Waals surface area contributed by atoms with Gasteiger partial charge >= 0.3 is 6.04 Å². The Bertz CT molecular complexity index is 1550. The Hall–Kier alpha value is -3.86. The number of imidazole rings is 1. The third-order valence-electron chi connectivity index (χ3n) is 5.53. The molecule has 0 atom stereocenters. The van der Waals surface area contributed by atoms with E-state index >= 15 is 0 Å². The third-order valence-corrected chi connectivity index (χ3v) is 7.35. The van der Waals surface area contributed by atoms with Gasteiger partial charge in [0.05, 0.1) is 28.3 Å². The van der Waals surface area contributed by atoms with E-state index in [0.717, 1.165) is 54.6 Å². The largest absolute Gasteiger partial charge is 0.355 e. The maximum Gasteiger partial charge on any atom is 0.315 e. The van der Waals surface area contributed by atoms with Gasteiger partial charge in [-0.05, 0) is 36.8 Å². The van der Waals surface area contributed by atoms with Gasteiger partial charge in [0.15, 0.2) is 5.13 Å². The lowest BCUT2D eigenvalue weighted by molar-refractivity contribution is -0.128. The molecule has 0 unspecified atom stereocenters. The molecule has 0 bridgehead atoms. The number of carbonyl (C=O) groups is 1. The molecule has 0 saturated heterocycles. The number of thiophene rings is 1. The average molecular weight is 519 g/mol. The van der Waals surface area contributed by atoms with Crippen molar-refractivity contribution in [1.82, 2.24) is 19.7 Å². The number of halogens is 1. The lowest BCUT2D eigenvalue weighted by Crippen LogP contribution is -2.20. The molecule has 10 heteroatoms. The van der Waals surface area contributed by atoms with Gasteiger partial charge < -0.3 is 16.0 Å². The first kappa shape index (κ1) is 23.9. The first-order valence-electron chi connectivity index (χ1n) is 11.2. The summed E-state index contributed by atoms with van der Waals surface area (Å²) in [5.74, 6) is 0. The van der Waals surface area contributed by atoms with Crippen LogP contribution in [0.4, 0.5) is 20.2 Å². The van der Waals surface area contributed by atoms with Crippen molar-refractivity contribution < 1.29 is 9.18 Å². The van der Waals surface area contributed by atoms with Crippen molar-refractivity contribution in [3.05, 3.63) is 88.9 Å². The van der Waals surface area contributed by atoms with Gasteiger partial charge in [-0.15, -0.1) is 22.7 Å². The fraction of sp³-hybridized carbons (Fsp3) is 0.115. The summed E-state index contributed by atoms with van der Waals surface area (Å²) >= 11 is 3.11. The minimum Gasteiger partial charge on any atom is -0.355 e. The number of aryl methyl sites for hydroxylation is 1. The van der Waals surface area contributed by atoms with Crippen LogP contribution in [0, 0.1) is 6.92 Å². The average Bonchev–Trinajstić information content (AvgIpc) is 3.60. The van der Waals surface area contributed by atoms with Gasteiger partial charge in [-0.2, -0.15) is 4.39 Å². The summed E-state index contributed by atoms with van der Waals surface area (Å²) in [6.45, 7) is 6.27. The highest BCUT2D eigenvalue weighted by molar-refractivity contribution is 7.18. The molecule has 4 heterocycles. The van der Waals surface area contributed by atoms with E-state index in [-0.39, 0.29) is 6.54 Å². The molecule has 5 aromatic rings. The number of nitrogens with zero attached hydrogens (tertiary/aromatic N) is 3. The van der Waals surface area contributed by atoms with Crippen LogP contribution < -0.4 is 16.0 Å². The molecule has 182 valence electrons. The quantitative estimate of drug-likeness (QED) is 0.190. The summed E-state index contributed by atoms with van der Waals surface area (Å²) in [7, 11) is 0. The van der Waals surface area contributed by atoms with E-state index in [1.807, 2.05) is 58.4 Å². The van der Waals surface area contributed by atoms with Crippen molar-refractivity contribution in [1.29, 1.82) is 0 Å². The first-order chi connectivity index (χ1) is 17.5. The monoisotopic (exact) mass is 518 g/mol. The van der Waals surface area contributed by atoms with E-state index < -0.39 is 6.04 Å².